The van der Waals surface area contributed by atoms with Crippen LogP contribution in [-0.4, -0.2) is 21.0 Å². The lowest BCUT2D eigenvalue weighted by molar-refractivity contribution is 0.318. The van der Waals surface area contributed by atoms with Crippen molar-refractivity contribution in [3.05, 3.63) is 17.0 Å². The lowest BCUT2D eigenvalue weighted by Gasteiger charge is -2.02. The Labute approximate surface area is 72.9 Å². The normalized spacial score (nSPS) is 11.6. The van der Waals surface area contributed by atoms with E-state index in [9.17, 15) is 0 Å². The average molecular weight is 188 g/mol. The molecule has 1 aromatic rings. The number of oxime groups is 1. The highest BCUT2D eigenvalue weighted by Crippen LogP contribution is 2.15. The van der Waals surface area contributed by atoms with Crippen molar-refractivity contribution in [1.29, 1.82) is 0 Å². The van der Waals surface area contributed by atoms with Crippen LogP contribution in [0.15, 0.2) is 11.5 Å². The van der Waals surface area contributed by atoms with Gasteiger partial charge in [-0.05, 0) is 0 Å². The third-order valence-electron chi connectivity index (χ3n) is 1.19. The molecule has 0 fully saturated rings. The van der Waals surface area contributed by atoms with Crippen LogP contribution in [0.5, 0.6) is 0 Å². The summed E-state index contributed by atoms with van der Waals surface area (Å²) in [5, 5.41) is 11.1. The Kier molecular flexibility index (Phi) is 2.29. The molecule has 6 nitrogen and oxygen atoms in total. The third kappa shape index (κ3) is 1.37. The largest absolute Gasteiger partial charge is 0.409 e. The van der Waals surface area contributed by atoms with E-state index in [0.29, 0.717) is 0 Å². The number of amidine groups is 1. The molecular formula is C5H6ClN5O. The number of anilines is 1. The molecular weight excluding hydrogens is 182 g/mol. The highest BCUT2D eigenvalue weighted by molar-refractivity contribution is 6.33. The van der Waals surface area contributed by atoms with Crippen LogP contribution >= 0.6 is 11.6 Å². The summed E-state index contributed by atoms with van der Waals surface area (Å²) >= 11 is 5.60. The van der Waals surface area contributed by atoms with Crippen molar-refractivity contribution in [2.24, 2.45) is 10.9 Å². The van der Waals surface area contributed by atoms with Gasteiger partial charge < -0.3 is 16.7 Å². The number of nitrogen functional groups attached to an aromatic ring is 1. The van der Waals surface area contributed by atoms with Crippen LogP contribution in [0.2, 0.25) is 5.15 Å². The molecule has 0 aliphatic heterocycles. The molecule has 64 valence electrons. The first-order valence-electron chi connectivity index (χ1n) is 2.90. The van der Waals surface area contributed by atoms with Gasteiger partial charge in [0, 0.05) is 0 Å². The van der Waals surface area contributed by atoms with Crippen LogP contribution in [0.3, 0.4) is 0 Å². The Morgan fingerprint density at radius 1 is 1.58 bits per heavy atom. The zero-order chi connectivity index (χ0) is 9.14. The minimum Gasteiger partial charge on any atom is -0.409 e. The second kappa shape index (κ2) is 3.22. The minimum atomic E-state index is -0.210. The molecule has 0 atom stereocenters. The first-order valence-corrected chi connectivity index (χ1v) is 3.28. The topological polar surface area (TPSA) is 110 Å². The van der Waals surface area contributed by atoms with E-state index in [-0.39, 0.29) is 22.4 Å². The summed E-state index contributed by atoms with van der Waals surface area (Å²) in [6.07, 6.45) is 1.19. The third-order valence-corrected chi connectivity index (χ3v) is 1.48. The summed E-state index contributed by atoms with van der Waals surface area (Å²) in [7, 11) is 0. The number of aromatic nitrogens is 2. The van der Waals surface area contributed by atoms with Gasteiger partial charge in [-0.15, -0.1) is 0 Å². The first kappa shape index (κ1) is 8.54. The Morgan fingerprint density at radius 3 is 2.75 bits per heavy atom. The monoisotopic (exact) mass is 187 g/mol. The number of halogens is 1. The maximum Gasteiger partial charge on any atom is 0.176 e. The Bertz CT molecular complexity index is 305. The molecule has 0 amide bonds. The highest BCUT2D eigenvalue weighted by atomic mass is 35.5. The van der Waals surface area contributed by atoms with Crippen molar-refractivity contribution >= 4 is 23.3 Å². The van der Waals surface area contributed by atoms with E-state index >= 15 is 0 Å². The van der Waals surface area contributed by atoms with Crippen LogP contribution in [0.25, 0.3) is 0 Å². The van der Waals surface area contributed by atoms with E-state index in [1.807, 2.05) is 0 Å². The fraction of sp³-hybridized carbons (Fsp3) is 0. The summed E-state index contributed by atoms with van der Waals surface area (Å²) in [5.41, 5.74) is 10.8. The molecule has 0 aliphatic carbocycles. The molecule has 12 heavy (non-hydrogen) atoms. The van der Waals surface area contributed by atoms with E-state index in [1.54, 1.807) is 0 Å². The van der Waals surface area contributed by atoms with Gasteiger partial charge in [-0.3, -0.25) is 0 Å². The van der Waals surface area contributed by atoms with E-state index in [1.165, 1.54) is 6.33 Å². The molecule has 7 heteroatoms. The fourth-order valence-electron chi connectivity index (χ4n) is 0.663. The molecule has 5 N–H and O–H groups in total. The smallest absolute Gasteiger partial charge is 0.176 e. The second-order valence-corrected chi connectivity index (χ2v) is 2.27. The molecule has 0 bridgehead atoms. The number of hydrogen-bond donors (Lipinski definition) is 3. The first-order chi connectivity index (χ1) is 5.66. The molecule has 0 aromatic carbocycles. The van der Waals surface area contributed by atoms with E-state index < -0.39 is 0 Å². The van der Waals surface area contributed by atoms with Gasteiger partial charge in [-0.25, -0.2) is 9.97 Å². The standard InChI is InChI=1S/C5H6ClN5O/c6-3-2(5(8)11-12)4(7)10-1-9-3/h1,12H,(H2,8,11)(H2,7,9,10). The van der Waals surface area contributed by atoms with E-state index in [4.69, 9.17) is 28.3 Å². The SMILES string of the molecule is N/C(=N\O)c1c(N)ncnc1Cl. The maximum atomic E-state index is 8.33. The Hall–Kier alpha value is -1.56. The molecule has 0 saturated carbocycles. The predicted octanol–water partition coefficient (Wildman–Crippen LogP) is -0.193. The average Bonchev–Trinajstić information content (AvgIpc) is 2.03. The number of nitrogens with zero attached hydrogens (tertiary/aromatic N) is 3. The maximum absolute atomic E-state index is 8.33. The van der Waals surface area contributed by atoms with Crippen LogP contribution in [0.1, 0.15) is 5.56 Å². The van der Waals surface area contributed by atoms with Gasteiger partial charge in [0.15, 0.2) is 5.84 Å². The summed E-state index contributed by atoms with van der Waals surface area (Å²) in [6, 6.07) is 0. The van der Waals surface area contributed by atoms with Gasteiger partial charge >= 0.3 is 0 Å². The quantitative estimate of drug-likeness (QED) is 0.186. The van der Waals surface area contributed by atoms with Crippen molar-refractivity contribution in [2.75, 3.05) is 5.73 Å². The summed E-state index contributed by atoms with van der Waals surface area (Å²) in [6.45, 7) is 0. The summed E-state index contributed by atoms with van der Waals surface area (Å²) in [5.74, 6) is -0.136. The van der Waals surface area contributed by atoms with E-state index in [2.05, 4.69) is 15.1 Å². The van der Waals surface area contributed by atoms with Crippen molar-refractivity contribution in [2.45, 2.75) is 0 Å². The lowest BCUT2D eigenvalue weighted by atomic mass is 10.3. The number of rotatable bonds is 1. The molecule has 0 radical (unpaired) electrons. The van der Waals surface area contributed by atoms with Crippen LogP contribution < -0.4 is 11.5 Å². The molecule has 0 saturated heterocycles. The predicted molar refractivity (Wildman–Crippen MR) is 44.0 cm³/mol. The summed E-state index contributed by atoms with van der Waals surface area (Å²) in [4.78, 5) is 7.23. The zero-order valence-corrected chi connectivity index (χ0v) is 6.65. The number of nitrogens with two attached hydrogens (primary N) is 2. The van der Waals surface area contributed by atoms with Gasteiger partial charge in [0.05, 0.1) is 5.56 Å². The van der Waals surface area contributed by atoms with Crippen molar-refractivity contribution in [1.82, 2.24) is 9.97 Å². The van der Waals surface area contributed by atoms with Gasteiger partial charge in [0.1, 0.15) is 17.3 Å². The Morgan fingerprint density at radius 2 is 2.25 bits per heavy atom. The van der Waals surface area contributed by atoms with Crippen molar-refractivity contribution in [3.8, 4) is 0 Å². The van der Waals surface area contributed by atoms with Gasteiger partial charge in [-0.1, -0.05) is 16.8 Å². The van der Waals surface area contributed by atoms with Gasteiger partial charge in [-0.2, -0.15) is 0 Å². The molecule has 0 unspecified atom stereocenters. The van der Waals surface area contributed by atoms with Gasteiger partial charge in [0.25, 0.3) is 0 Å². The summed E-state index contributed by atoms with van der Waals surface area (Å²) < 4.78 is 0. The van der Waals surface area contributed by atoms with E-state index in [0.717, 1.165) is 0 Å². The van der Waals surface area contributed by atoms with Crippen LogP contribution in [0, 0.1) is 0 Å². The molecule has 1 aromatic heterocycles. The molecule has 0 aliphatic rings. The van der Waals surface area contributed by atoms with Crippen molar-refractivity contribution < 1.29 is 5.21 Å². The fourth-order valence-corrected chi connectivity index (χ4v) is 0.901. The zero-order valence-electron chi connectivity index (χ0n) is 5.90. The Balaban J connectivity index is 3.31. The minimum absolute atomic E-state index is 0.0535. The van der Waals surface area contributed by atoms with Crippen molar-refractivity contribution in [3.63, 3.8) is 0 Å². The van der Waals surface area contributed by atoms with Crippen LogP contribution in [0.4, 0.5) is 5.82 Å². The lowest BCUT2D eigenvalue weighted by Crippen LogP contribution is -2.17. The van der Waals surface area contributed by atoms with Gasteiger partial charge in [0.2, 0.25) is 0 Å². The number of hydrogen-bond acceptors (Lipinski definition) is 5. The highest BCUT2D eigenvalue weighted by Gasteiger charge is 2.11. The molecule has 1 rings (SSSR count). The van der Waals surface area contributed by atoms with Crippen LogP contribution in [-0.2, 0) is 0 Å². The molecule has 1 heterocycles. The second-order valence-electron chi connectivity index (χ2n) is 1.91. The molecule has 0 spiro atoms.